The van der Waals surface area contributed by atoms with Crippen molar-refractivity contribution in [2.45, 2.75) is 25.4 Å². The van der Waals surface area contributed by atoms with E-state index in [0.29, 0.717) is 17.8 Å². The summed E-state index contributed by atoms with van der Waals surface area (Å²) in [6.45, 7) is 0.394. The first kappa shape index (κ1) is 21.5. The highest BCUT2D eigenvalue weighted by molar-refractivity contribution is 6.03. The quantitative estimate of drug-likeness (QED) is 0.407. The van der Waals surface area contributed by atoms with E-state index in [-0.39, 0.29) is 18.7 Å². The monoisotopic (exact) mass is 437 g/mol. The predicted molar refractivity (Wildman–Crippen MR) is 115 cm³/mol. The Morgan fingerprint density at radius 1 is 0.969 bits per heavy atom. The number of carbonyl (C=O) groups is 2. The summed E-state index contributed by atoms with van der Waals surface area (Å²) >= 11 is 0. The van der Waals surface area contributed by atoms with E-state index in [1.807, 2.05) is 41.3 Å². The molecular formula is C24H21F2N3O3. The molecule has 6 nitrogen and oxygen atoms in total. The Labute approximate surface area is 183 Å². The standard InChI is InChI=1S/C24H21F2N3O3/c25-18-10-9-17(11-19(18)26)12-22-24(31)27-20-3-1-2-4-21(20)29(22)14-16-7-5-15(6-8-16)13-23(30)28-32/h1-11,22,32H,12-14H2,(H,27,31)(H,28,30). The van der Waals surface area contributed by atoms with Crippen molar-refractivity contribution in [2.75, 3.05) is 10.2 Å². The van der Waals surface area contributed by atoms with Crippen LogP contribution in [0.25, 0.3) is 0 Å². The molecule has 1 unspecified atom stereocenters. The second-order valence-electron chi connectivity index (χ2n) is 7.63. The summed E-state index contributed by atoms with van der Waals surface area (Å²) in [5.41, 5.74) is 5.25. The van der Waals surface area contributed by atoms with Crippen molar-refractivity contribution >= 4 is 23.2 Å². The van der Waals surface area contributed by atoms with E-state index in [2.05, 4.69) is 5.32 Å². The molecule has 4 rings (SSSR count). The van der Waals surface area contributed by atoms with Gasteiger partial charge in [-0.2, -0.15) is 0 Å². The van der Waals surface area contributed by atoms with Gasteiger partial charge in [-0.15, -0.1) is 0 Å². The zero-order chi connectivity index (χ0) is 22.7. The molecule has 0 aliphatic carbocycles. The van der Waals surface area contributed by atoms with Crippen molar-refractivity contribution in [3.8, 4) is 0 Å². The van der Waals surface area contributed by atoms with Crippen molar-refractivity contribution in [1.29, 1.82) is 0 Å². The van der Waals surface area contributed by atoms with Crippen molar-refractivity contribution in [3.05, 3.63) is 95.1 Å². The molecule has 0 spiro atoms. The zero-order valence-electron chi connectivity index (χ0n) is 17.0. The van der Waals surface area contributed by atoms with Crippen LogP contribution in [0, 0.1) is 11.6 Å². The fourth-order valence-corrected chi connectivity index (χ4v) is 3.83. The summed E-state index contributed by atoms with van der Waals surface area (Å²) in [5, 5.41) is 11.6. The minimum absolute atomic E-state index is 0.0461. The molecule has 1 aliphatic heterocycles. The van der Waals surface area contributed by atoms with Gasteiger partial charge in [0.25, 0.3) is 0 Å². The molecule has 1 atom stereocenters. The summed E-state index contributed by atoms with van der Waals surface area (Å²) in [4.78, 5) is 26.2. The van der Waals surface area contributed by atoms with Crippen molar-refractivity contribution < 1.29 is 23.6 Å². The molecule has 0 saturated heterocycles. The molecule has 1 aliphatic rings. The van der Waals surface area contributed by atoms with Crippen LogP contribution in [-0.4, -0.2) is 23.1 Å². The van der Waals surface area contributed by atoms with Crippen LogP contribution in [0.4, 0.5) is 20.2 Å². The largest absolute Gasteiger partial charge is 0.353 e. The smallest absolute Gasteiger partial charge is 0.247 e. The number of hydrogen-bond acceptors (Lipinski definition) is 4. The van der Waals surface area contributed by atoms with Gasteiger partial charge in [0.05, 0.1) is 17.8 Å². The van der Waals surface area contributed by atoms with Crippen LogP contribution >= 0.6 is 0 Å². The first-order chi connectivity index (χ1) is 15.4. The number of benzene rings is 3. The first-order valence-electron chi connectivity index (χ1n) is 10.1. The fourth-order valence-electron chi connectivity index (χ4n) is 3.83. The van der Waals surface area contributed by atoms with Crippen LogP contribution < -0.4 is 15.7 Å². The number of fused-ring (bicyclic) bond motifs is 1. The summed E-state index contributed by atoms with van der Waals surface area (Å²) in [5.74, 6) is -2.62. The third-order valence-electron chi connectivity index (χ3n) is 5.43. The van der Waals surface area contributed by atoms with Gasteiger partial charge in [0.1, 0.15) is 6.04 Å². The maximum Gasteiger partial charge on any atom is 0.247 e. The van der Waals surface area contributed by atoms with Gasteiger partial charge >= 0.3 is 0 Å². The summed E-state index contributed by atoms with van der Waals surface area (Å²) in [6.07, 6.45) is 0.247. The Morgan fingerprint density at radius 3 is 2.38 bits per heavy atom. The molecule has 2 amide bonds. The Morgan fingerprint density at radius 2 is 1.66 bits per heavy atom. The van der Waals surface area contributed by atoms with Gasteiger partial charge in [-0.1, -0.05) is 42.5 Å². The van der Waals surface area contributed by atoms with Crippen LogP contribution in [0.1, 0.15) is 16.7 Å². The van der Waals surface area contributed by atoms with Gasteiger partial charge in [-0.05, 0) is 41.0 Å². The third-order valence-corrected chi connectivity index (χ3v) is 5.43. The number of halogens is 2. The Hall–Kier alpha value is -3.78. The van der Waals surface area contributed by atoms with E-state index in [0.717, 1.165) is 28.9 Å². The molecule has 8 heteroatoms. The van der Waals surface area contributed by atoms with Gasteiger partial charge in [0.15, 0.2) is 11.6 Å². The summed E-state index contributed by atoms with van der Waals surface area (Å²) in [7, 11) is 0. The first-order valence-corrected chi connectivity index (χ1v) is 10.1. The van der Waals surface area contributed by atoms with E-state index >= 15 is 0 Å². The molecular weight excluding hydrogens is 416 g/mol. The number of hydroxylamine groups is 1. The van der Waals surface area contributed by atoms with E-state index in [1.54, 1.807) is 17.6 Å². The van der Waals surface area contributed by atoms with Crippen LogP contribution in [0.5, 0.6) is 0 Å². The number of anilines is 2. The minimum atomic E-state index is -0.951. The molecule has 0 bridgehead atoms. The van der Waals surface area contributed by atoms with Crippen molar-refractivity contribution in [3.63, 3.8) is 0 Å². The van der Waals surface area contributed by atoms with Gasteiger partial charge in [-0.3, -0.25) is 14.8 Å². The lowest BCUT2D eigenvalue weighted by Gasteiger charge is -2.38. The van der Waals surface area contributed by atoms with Gasteiger partial charge in [0, 0.05) is 13.0 Å². The normalized spacial score (nSPS) is 15.2. The number of nitrogens with zero attached hydrogens (tertiary/aromatic N) is 1. The predicted octanol–water partition coefficient (Wildman–Crippen LogP) is 3.58. The summed E-state index contributed by atoms with van der Waals surface area (Å²) < 4.78 is 27.1. The number of para-hydroxylation sites is 2. The average molecular weight is 437 g/mol. The lowest BCUT2D eigenvalue weighted by atomic mass is 9.98. The molecule has 0 radical (unpaired) electrons. The molecule has 0 saturated carbocycles. The Balaban J connectivity index is 1.62. The van der Waals surface area contributed by atoms with E-state index in [1.165, 1.54) is 6.07 Å². The topological polar surface area (TPSA) is 81.7 Å². The fraction of sp³-hybridized carbons (Fsp3) is 0.167. The average Bonchev–Trinajstić information content (AvgIpc) is 2.79. The van der Waals surface area contributed by atoms with Crippen LogP contribution in [0.2, 0.25) is 0 Å². The van der Waals surface area contributed by atoms with Gasteiger partial charge in [-0.25, -0.2) is 14.3 Å². The highest BCUT2D eigenvalue weighted by Gasteiger charge is 2.33. The molecule has 3 aromatic rings. The maximum absolute atomic E-state index is 13.7. The molecule has 164 valence electrons. The van der Waals surface area contributed by atoms with Crippen LogP contribution in [-0.2, 0) is 29.0 Å². The van der Waals surface area contributed by atoms with Crippen LogP contribution in [0.3, 0.4) is 0 Å². The number of rotatable bonds is 6. The Bertz CT molecular complexity index is 1150. The second-order valence-corrected chi connectivity index (χ2v) is 7.63. The minimum Gasteiger partial charge on any atom is -0.353 e. The molecule has 0 aromatic heterocycles. The van der Waals surface area contributed by atoms with Crippen LogP contribution in [0.15, 0.2) is 66.7 Å². The van der Waals surface area contributed by atoms with E-state index < -0.39 is 23.6 Å². The number of amides is 2. The summed E-state index contributed by atoms with van der Waals surface area (Å²) in [6, 6.07) is 17.7. The zero-order valence-corrected chi connectivity index (χ0v) is 17.0. The number of hydrogen-bond donors (Lipinski definition) is 3. The highest BCUT2D eigenvalue weighted by atomic mass is 19.2. The molecule has 0 fully saturated rings. The number of nitrogens with one attached hydrogen (secondary N) is 2. The lowest BCUT2D eigenvalue weighted by Crippen LogP contribution is -2.49. The van der Waals surface area contributed by atoms with Gasteiger partial charge in [0.2, 0.25) is 11.8 Å². The molecule has 32 heavy (non-hydrogen) atoms. The highest BCUT2D eigenvalue weighted by Crippen LogP contribution is 2.34. The molecule has 3 N–H and O–H groups in total. The lowest BCUT2D eigenvalue weighted by molar-refractivity contribution is -0.128. The third kappa shape index (κ3) is 4.60. The number of carbonyl (C=O) groups excluding carboxylic acids is 2. The maximum atomic E-state index is 13.7. The van der Waals surface area contributed by atoms with Crippen molar-refractivity contribution in [2.24, 2.45) is 0 Å². The molecule has 1 heterocycles. The SMILES string of the molecule is O=C(Cc1ccc(CN2c3ccccc3NC(=O)C2Cc2ccc(F)c(F)c2)cc1)NO. The van der Waals surface area contributed by atoms with E-state index in [9.17, 15) is 18.4 Å². The van der Waals surface area contributed by atoms with E-state index in [4.69, 9.17) is 5.21 Å². The second kappa shape index (κ2) is 9.15. The van der Waals surface area contributed by atoms with Crippen molar-refractivity contribution in [1.82, 2.24) is 5.48 Å². The van der Waals surface area contributed by atoms with Gasteiger partial charge < -0.3 is 10.2 Å². The Kier molecular flexibility index (Phi) is 6.13. The molecule has 3 aromatic carbocycles.